The maximum absolute atomic E-state index is 14.9. The predicted molar refractivity (Wildman–Crippen MR) is 109 cm³/mol. The van der Waals surface area contributed by atoms with Gasteiger partial charge in [0, 0.05) is 11.6 Å². The highest BCUT2D eigenvalue weighted by atomic mass is 19.1. The molecule has 1 aromatic heterocycles. The molecule has 0 aliphatic rings. The van der Waals surface area contributed by atoms with Crippen LogP contribution in [-0.4, -0.2) is 24.1 Å². The zero-order valence-corrected chi connectivity index (χ0v) is 16.7. The molecule has 0 unspecified atom stereocenters. The van der Waals surface area contributed by atoms with Crippen molar-refractivity contribution in [1.29, 1.82) is 0 Å². The average molecular weight is 428 g/mol. The molecule has 0 spiro atoms. The number of rotatable bonds is 8. The van der Waals surface area contributed by atoms with Gasteiger partial charge in [-0.15, -0.1) is 0 Å². The first-order valence-electron chi connectivity index (χ1n) is 9.02. The van der Waals surface area contributed by atoms with Crippen molar-refractivity contribution in [3.63, 3.8) is 0 Å². The summed E-state index contributed by atoms with van der Waals surface area (Å²) in [6.45, 7) is -0.0552. The molecule has 0 amide bonds. The smallest absolute Gasteiger partial charge is 0.314 e. The third-order valence-corrected chi connectivity index (χ3v) is 4.29. The van der Waals surface area contributed by atoms with Crippen LogP contribution in [0.5, 0.6) is 11.6 Å². The Bertz CT molecular complexity index is 1120. The van der Waals surface area contributed by atoms with Gasteiger partial charge in [-0.1, -0.05) is 30.3 Å². The van der Waals surface area contributed by atoms with Gasteiger partial charge in [0.05, 0.1) is 37.2 Å². The molecule has 0 fully saturated rings. The molecule has 0 saturated carbocycles. The fourth-order valence-electron chi connectivity index (χ4n) is 2.93. The van der Waals surface area contributed by atoms with Crippen LogP contribution in [0.2, 0.25) is 0 Å². The van der Waals surface area contributed by atoms with E-state index in [-0.39, 0.29) is 29.2 Å². The summed E-state index contributed by atoms with van der Waals surface area (Å²) in [5.41, 5.74) is 0.467. The largest absolute Gasteiger partial charge is 0.504 e. The van der Waals surface area contributed by atoms with Crippen LogP contribution < -0.4 is 9.47 Å². The molecule has 0 bridgehead atoms. The van der Waals surface area contributed by atoms with Crippen molar-refractivity contribution in [1.82, 2.24) is 4.98 Å². The minimum Gasteiger partial charge on any atom is -0.504 e. The molecular formula is C22H18F2N2O5. The summed E-state index contributed by atoms with van der Waals surface area (Å²) in [6.07, 6.45) is 2.15. The molecule has 0 aliphatic carbocycles. The number of ether oxygens (including phenoxy) is 3. The van der Waals surface area contributed by atoms with Gasteiger partial charge in [0.25, 0.3) is 0 Å². The van der Waals surface area contributed by atoms with E-state index in [1.54, 1.807) is 30.3 Å². The topological polar surface area (TPSA) is 83.7 Å². The SMILES string of the molecule is CO/C=C(\c1cc(F)c(OCc2ccccc2)c([N+](=O)[O-])c1)c1cc(F)cnc1OC. The van der Waals surface area contributed by atoms with Gasteiger partial charge >= 0.3 is 5.69 Å². The number of nitro benzene ring substituents is 1. The summed E-state index contributed by atoms with van der Waals surface area (Å²) in [4.78, 5) is 14.7. The zero-order valence-electron chi connectivity index (χ0n) is 16.7. The first-order valence-corrected chi connectivity index (χ1v) is 9.02. The highest BCUT2D eigenvalue weighted by Gasteiger charge is 2.25. The monoisotopic (exact) mass is 428 g/mol. The fraction of sp³-hybridized carbons (Fsp3) is 0.136. The third-order valence-electron chi connectivity index (χ3n) is 4.29. The Morgan fingerprint density at radius 2 is 1.90 bits per heavy atom. The second kappa shape index (κ2) is 9.66. The van der Waals surface area contributed by atoms with Crippen LogP contribution in [0, 0.1) is 21.7 Å². The van der Waals surface area contributed by atoms with E-state index in [0.717, 1.165) is 30.0 Å². The van der Waals surface area contributed by atoms with Crippen LogP contribution in [0.15, 0.2) is 61.0 Å². The fourth-order valence-corrected chi connectivity index (χ4v) is 2.93. The Hall–Kier alpha value is -4.01. The van der Waals surface area contributed by atoms with Crippen molar-refractivity contribution in [3.8, 4) is 11.6 Å². The lowest BCUT2D eigenvalue weighted by atomic mass is 9.99. The third kappa shape index (κ3) is 4.95. The molecule has 0 saturated heterocycles. The number of pyridine rings is 1. The summed E-state index contributed by atoms with van der Waals surface area (Å²) in [7, 11) is 2.67. The van der Waals surface area contributed by atoms with Crippen molar-refractivity contribution < 1.29 is 27.9 Å². The van der Waals surface area contributed by atoms with Gasteiger partial charge in [-0.05, 0) is 23.3 Å². The molecule has 0 atom stereocenters. The number of aromatic nitrogens is 1. The van der Waals surface area contributed by atoms with Crippen LogP contribution in [0.3, 0.4) is 0 Å². The second-order valence-electron chi connectivity index (χ2n) is 6.32. The second-order valence-corrected chi connectivity index (χ2v) is 6.32. The molecule has 31 heavy (non-hydrogen) atoms. The van der Waals surface area contributed by atoms with E-state index in [1.807, 2.05) is 0 Å². The molecule has 0 aliphatic heterocycles. The summed E-state index contributed by atoms with van der Waals surface area (Å²) in [6, 6.07) is 12.1. The number of benzene rings is 2. The Morgan fingerprint density at radius 1 is 1.16 bits per heavy atom. The highest BCUT2D eigenvalue weighted by Crippen LogP contribution is 2.38. The Morgan fingerprint density at radius 3 is 2.55 bits per heavy atom. The average Bonchev–Trinajstić information content (AvgIpc) is 2.76. The summed E-state index contributed by atoms with van der Waals surface area (Å²) < 4.78 is 44.4. The van der Waals surface area contributed by atoms with Crippen LogP contribution in [0.25, 0.3) is 5.57 Å². The normalized spacial score (nSPS) is 11.2. The van der Waals surface area contributed by atoms with E-state index < -0.39 is 28.0 Å². The van der Waals surface area contributed by atoms with Gasteiger partial charge in [0.15, 0.2) is 5.82 Å². The highest BCUT2D eigenvalue weighted by molar-refractivity contribution is 5.83. The molecular weight excluding hydrogens is 410 g/mol. The number of methoxy groups -OCH3 is 2. The van der Waals surface area contributed by atoms with Crippen LogP contribution >= 0.6 is 0 Å². The van der Waals surface area contributed by atoms with E-state index in [4.69, 9.17) is 14.2 Å². The molecule has 0 N–H and O–H groups in total. The standard InChI is InChI=1S/C22H18F2N2O5/c1-29-13-18(17-10-16(23)11-25-22(17)30-2)15-8-19(24)21(20(9-15)26(27)28)31-12-14-6-4-3-5-7-14/h3-11,13H,12H2,1-2H3/b18-13+. The lowest BCUT2D eigenvalue weighted by molar-refractivity contribution is -0.386. The molecule has 160 valence electrons. The summed E-state index contributed by atoms with van der Waals surface area (Å²) in [5, 5.41) is 11.6. The van der Waals surface area contributed by atoms with Gasteiger partial charge in [0.2, 0.25) is 11.6 Å². The van der Waals surface area contributed by atoms with Crippen molar-refractivity contribution in [2.24, 2.45) is 0 Å². The Labute approximate surface area is 176 Å². The van der Waals surface area contributed by atoms with E-state index >= 15 is 0 Å². The first-order chi connectivity index (χ1) is 14.9. The molecule has 9 heteroatoms. The zero-order chi connectivity index (χ0) is 22.4. The Kier molecular flexibility index (Phi) is 6.76. The number of hydrogen-bond donors (Lipinski definition) is 0. The van der Waals surface area contributed by atoms with Crippen LogP contribution in [0.4, 0.5) is 14.5 Å². The van der Waals surface area contributed by atoms with Crippen LogP contribution in [0.1, 0.15) is 16.7 Å². The number of nitrogens with zero attached hydrogens (tertiary/aromatic N) is 2. The lowest BCUT2D eigenvalue weighted by Gasteiger charge is -2.14. The number of halogens is 2. The molecule has 3 rings (SSSR count). The molecule has 1 heterocycles. The molecule has 7 nitrogen and oxygen atoms in total. The van der Waals surface area contributed by atoms with Crippen molar-refractivity contribution in [2.75, 3.05) is 14.2 Å². The summed E-state index contributed by atoms with van der Waals surface area (Å²) in [5.74, 6) is -2.09. The number of hydrogen-bond acceptors (Lipinski definition) is 6. The lowest BCUT2D eigenvalue weighted by Crippen LogP contribution is -2.04. The minimum atomic E-state index is -0.953. The van der Waals surface area contributed by atoms with Gasteiger partial charge in [-0.25, -0.2) is 13.8 Å². The van der Waals surface area contributed by atoms with E-state index in [1.165, 1.54) is 20.5 Å². The van der Waals surface area contributed by atoms with Gasteiger partial charge < -0.3 is 14.2 Å². The van der Waals surface area contributed by atoms with Crippen molar-refractivity contribution >= 4 is 11.3 Å². The predicted octanol–water partition coefficient (Wildman–Crippen LogP) is 4.89. The van der Waals surface area contributed by atoms with Crippen molar-refractivity contribution in [2.45, 2.75) is 6.61 Å². The van der Waals surface area contributed by atoms with Crippen LogP contribution in [-0.2, 0) is 11.3 Å². The molecule has 2 aromatic carbocycles. The van der Waals surface area contributed by atoms with E-state index in [9.17, 15) is 18.9 Å². The van der Waals surface area contributed by atoms with Gasteiger partial charge in [-0.2, -0.15) is 0 Å². The minimum absolute atomic E-state index is 0.0390. The van der Waals surface area contributed by atoms with Crippen molar-refractivity contribution in [3.05, 3.63) is 99.4 Å². The van der Waals surface area contributed by atoms with Gasteiger partial charge in [-0.3, -0.25) is 10.1 Å². The quantitative estimate of drug-likeness (QED) is 0.289. The maximum atomic E-state index is 14.9. The van der Waals surface area contributed by atoms with E-state index in [2.05, 4.69) is 4.98 Å². The van der Waals surface area contributed by atoms with Gasteiger partial charge in [0.1, 0.15) is 12.4 Å². The first kappa shape index (κ1) is 21.7. The molecule has 0 radical (unpaired) electrons. The Balaban J connectivity index is 2.07. The maximum Gasteiger partial charge on any atom is 0.314 e. The number of nitro groups is 1. The van der Waals surface area contributed by atoms with E-state index in [0.29, 0.717) is 0 Å². The summed E-state index contributed by atoms with van der Waals surface area (Å²) >= 11 is 0. The molecule has 3 aromatic rings.